The molecule has 0 aliphatic carbocycles. The molecule has 0 N–H and O–H groups in total. The summed E-state index contributed by atoms with van der Waals surface area (Å²) in [6.45, 7) is 3.12. The summed E-state index contributed by atoms with van der Waals surface area (Å²) >= 11 is 0. The fourth-order valence-electron chi connectivity index (χ4n) is 1.86. The average Bonchev–Trinajstić information content (AvgIpc) is 2.49. The largest absolute Gasteiger partial charge is 0.493 e. The molecule has 1 rings (SSSR count). The van der Waals surface area contributed by atoms with Gasteiger partial charge in [0.25, 0.3) is 0 Å². The van der Waals surface area contributed by atoms with Gasteiger partial charge in [0.05, 0.1) is 40.0 Å². The van der Waals surface area contributed by atoms with Gasteiger partial charge in [0, 0.05) is 6.54 Å². The molecule has 0 saturated heterocycles. The molecule has 6 nitrogen and oxygen atoms in total. The summed E-state index contributed by atoms with van der Waals surface area (Å²) in [5.74, 6) is 0.927. The molecular formula is C15H20N2O4. The number of ether oxygens (including phenoxy) is 3. The fourth-order valence-corrected chi connectivity index (χ4v) is 1.86. The summed E-state index contributed by atoms with van der Waals surface area (Å²) in [5.41, 5.74) is 0.925. The molecule has 21 heavy (non-hydrogen) atoms. The first-order chi connectivity index (χ1) is 10.1. The van der Waals surface area contributed by atoms with Crippen molar-refractivity contribution >= 4 is 5.97 Å². The van der Waals surface area contributed by atoms with Crippen LogP contribution < -0.4 is 9.47 Å². The van der Waals surface area contributed by atoms with Gasteiger partial charge in [-0.3, -0.25) is 9.69 Å². The van der Waals surface area contributed by atoms with Crippen molar-refractivity contribution in [1.82, 2.24) is 4.90 Å². The van der Waals surface area contributed by atoms with E-state index in [9.17, 15) is 4.79 Å². The van der Waals surface area contributed by atoms with E-state index >= 15 is 0 Å². The molecule has 0 radical (unpaired) electrons. The van der Waals surface area contributed by atoms with Crippen molar-refractivity contribution in [3.8, 4) is 17.6 Å². The summed E-state index contributed by atoms with van der Waals surface area (Å²) in [6.07, 6.45) is 0. The number of esters is 1. The van der Waals surface area contributed by atoms with E-state index in [2.05, 4.69) is 4.74 Å². The van der Waals surface area contributed by atoms with E-state index in [1.54, 1.807) is 12.0 Å². The Kier molecular flexibility index (Phi) is 7.05. The molecule has 0 saturated carbocycles. The molecule has 0 aliphatic rings. The van der Waals surface area contributed by atoms with E-state index in [-0.39, 0.29) is 19.1 Å². The van der Waals surface area contributed by atoms with E-state index in [0.717, 1.165) is 5.56 Å². The SMILES string of the molecule is CCOc1ccc(CN(CC#N)CC(=O)OC)cc1OC. The fraction of sp³-hybridized carbons (Fsp3) is 0.467. The molecule has 1 aromatic carbocycles. The molecule has 0 bridgehead atoms. The van der Waals surface area contributed by atoms with Gasteiger partial charge in [-0.25, -0.2) is 0 Å². The van der Waals surface area contributed by atoms with Crippen molar-refractivity contribution < 1.29 is 19.0 Å². The van der Waals surface area contributed by atoms with Gasteiger partial charge in [-0.15, -0.1) is 0 Å². The molecule has 6 heteroatoms. The Morgan fingerprint density at radius 2 is 2.10 bits per heavy atom. The number of carbonyl (C=O) groups excluding carboxylic acids is 1. The Bertz CT molecular complexity index is 511. The molecule has 1 aromatic rings. The van der Waals surface area contributed by atoms with Gasteiger partial charge in [-0.05, 0) is 24.6 Å². The number of nitriles is 1. The van der Waals surface area contributed by atoms with E-state index in [4.69, 9.17) is 14.7 Å². The highest BCUT2D eigenvalue weighted by Crippen LogP contribution is 2.28. The van der Waals surface area contributed by atoms with Crippen molar-refractivity contribution in [3.63, 3.8) is 0 Å². The van der Waals surface area contributed by atoms with Crippen molar-refractivity contribution in [2.24, 2.45) is 0 Å². The Balaban J connectivity index is 2.83. The molecule has 0 atom stereocenters. The van der Waals surface area contributed by atoms with Crippen LogP contribution in [-0.2, 0) is 16.1 Å². The van der Waals surface area contributed by atoms with Crippen LogP contribution >= 0.6 is 0 Å². The quantitative estimate of drug-likeness (QED) is 0.535. The third-order valence-corrected chi connectivity index (χ3v) is 2.81. The second kappa shape index (κ2) is 8.82. The maximum atomic E-state index is 11.3. The van der Waals surface area contributed by atoms with Gasteiger partial charge in [-0.1, -0.05) is 6.07 Å². The monoisotopic (exact) mass is 292 g/mol. The van der Waals surface area contributed by atoms with Crippen LogP contribution in [0.3, 0.4) is 0 Å². The summed E-state index contributed by atoms with van der Waals surface area (Å²) in [5, 5.41) is 8.83. The molecule has 0 spiro atoms. The number of carbonyl (C=O) groups is 1. The number of hydrogen-bond acceptors (Lipinski definition) is 6. The topological polar surface area (TPSA) is 71.8 Å². The van der Waals surface area contributed by atoms with Crippen molar-refractivity contribution in [2.45, 2.75) is 13.5 Å². The van der Waals surface area contributed by atoms with Crippen LogP contribution in [-0.4, -0.2) is 44.8 Å². The highest BCUT2D eigenvalue weighted by Gasteiger charge is 2.13. The molecule has 0 amide bonds. The molecule has 114 valence electrons. The Labute approximate surface area is 124 Å². The lowest BCUT2D eigenvalue weighted by Crippen LogP contribution is -2.30. The molecule has 0 aliphatic heterocycles. The second-order valence-electron chi connectivity index (χ2n) is 4.30. The van der Waals surface area contributed by atoms with E-state index in [1.165, 1.54) is 7.11 Å². The predicted molar refractivity (Wildman–Crippen MR) is 77.1 cm³/mol. The zero-order valence-electron chi connectivity index (χ0n) is 12.6. The summed E-state index contributed by atoms with van der Waals surface area (Å²) in [4.78, 5) is 13.0. The van der Waals surface area contributed by atoms with Crippen molar-refractivity contribution in [3.05, 3.63) is 23.8 Å². The van der Waals surface area contributed by atoms with Crippen LogP contribution in [0.15, 0.2) is 18.2 Å². The Morgan fingerprint density at radius 1 is 1.33 bits per heavy atom. The van der Waals surface area contributed by atoms with Gasteiger partial charge in [0.2, 0.25) is 0 Å². The predicted octanol–water partition coefficient (Wildman–Crippen LogP) is 1.59. The lowest BCUT2D eigenvalue weighted by atomic mass is 10.2. The smallest absolute Gasteiger partial charge is 0.319 e. The molecule has 0 fully saturated rings. The van der Waals surface area contributed by atoms with Crippen molar-refractivity contribution in [1.29, 1.82) is 5.26 Å². The number of methoxy groups -OCH3 is 2. The minimum absolute atomic E-state index is 0.0690. The summed E-state index contributed by atoms with van der Waals surface area (Å²) in [6, 6.07) is 7.58. The number of rotatable bonds is 8. The first kappa shape index (κ1) is 16.8. The van der Waals surface area contributed by atoms with Crippen LogP contribution in [0, 0.1) is 11.3 Å². The van der Waals surface area contributed by atoms with Crippen LogP contribution in [0.5, 0.6) is 11.5 Å². The van der Waals surface area contributed by atoms with Gasteiger partial charge < -0.3 is 14.2 Å². The number of hydrogen-bond donors (Lipinski definition) is 0. The van der Waals surface area contributed by atoms with Gasteiger partial charge in [-0.2, -0.15) is 5.26 Å². The third-order valence-electron chi connectivity index (χ3n) is 2.81. The zero-order valence-corrected chi connectivity index (χ0v) is 12.6. The maximum Gasteiger partial charge on any atom is 0.319 e. The highest BCUT2D eigenvalue weighted by atomic mass is 16.5. The van der Waals surface area contributed by atoms with Crippen LogP contribution in [0.4, 0.5) is 0 Å². The highest BCUT2D eigenvalue weighted by molar-refractivity contribution is 5.71. The van der Waals surface area contributed by atoms with Gasteiger partial charge >= 0.3 is 5.97 Å². The lowest BCUT2D eigenvalue weighted by Gasteiger charge is -2.18. The van der Waals surface area contributed by atoms with Crippen molar-refractivity contribution in [2.75, 3.05) is 33.9 Å². The first-order valence-electron chi connectivity index (χ1n) is 6.60. The lowest BCUT2D eigenvalue weighted by molar-refractivity contribution is -0.141. The van der Waals surface area contributed by atoms with E-state index in [1.807, 2.05) is 31.2 Å². The zero-order chi connectivity index (χ0) is 15.7. The Morgan fingerprint density at radius 3 is 2.67 bits per heavy atom. The molecule has 0 heterocycles. The maximum absolute atomic E-state index is 11.3. The van der Waals surface area contributed by atoms with Crippen LogP contribution in [0.25, 0.3) is 0 Å². The van der Waals surface area contributed by atoms with Crippen LogP contribution in [0.1, 0.15) is 12.5 Å². The minimum atomic E-state index is -0.372. The van der Waals surface area contributed by atoms with E-state index in [0.29, 0.717) is 24.7 Å². The molecular weight excluding hydrogens is 272 g/mol. The van der Waals surface area contributed by atoms with Crippen LogP contribution in [0.2, 0.25) is 0 Å². The standard InChI is InChI=1S/C15H20N2O4/c1-4-21-13-6-5-12(9-14(13)19-2)10-17(8-7-16)11-15(18)20-3/h5-6,9H,4,8,10-11H2,1-3H3. The molecule has 0 aromatic heterocycles. The van der Waals surface area contributed by atoms with E-state index < -0.39 is 0 Å². The summed E-state index contributed by atoms with van der Waals surface area (Å²) in [7, 11) is 2.90. The molecule has 0 unspecified atom stereocenters. The normalized spacial score (nSPS) is 10.0. The third kappa shape index (κ3) is 5.32. The van der Waals surface area contributed by atoms with Gasteiger partial charge in [0.1, 0.15) is 0 Å². The first-order valence-corrected chi connectivity index (χ1v) is 6.60. The van der Waals surface area contributed by atoms with Gasteiger partial charge in [0.15, 0.2) is 11.5 Å². The minimum Gasteiger partial charge on any atom is -0.493 e. The Hall–Kier alpha value is -2.26. The number of nitrogens with zero attached hydrogens (tertiary/aromatic N) is 2. The average molecular weight is 292 g/mol. The summed E-state index contributed by atoms with van der Waals surface area (Å²) < 4.78 is 15.4. The number of benzene rings is 1. The second-order valence-corrected chi connectivity index (χ2v) is 4.30.